The van der Waals surface area contributed by atoms with E-state index >= 15 is 0 Å². The zero-order chi connectivity index (χ0) is 53.7. The molecule has 1 heterocycles. The van der Waals surface area contributed by atoms with Crippen molar-refractivity contribution >= 4 is 59.2 Å². The number of methoxy groups -OCH3 is 1. The number of likely N-dealkylation sites (N-methyl/N-ethyl adjacent to an activating group) is 1. The van der Waals surface area contributed by atoms with Crippen LogP contribution in [0.4, 0.5) is 0 Å². The predicted octanol–water partition coefficient (Wildman–Crippen LogP) is 0.618. The molecule has 1 aromatic carbocycles. The van der Waals surface area contributed by atoms with Gasteiger partial charge in [0.05, 0.1) is 24.0 Å². The third-order valence-corrected chi connectivity index (χ3v) is 12.0. The van der Waals surface area contributed by atoms with E-state index in [1.807, 2.05) is 43.3 Å². The molecule has 71 heavy (non-hydrogen) atoms. The molecule has 1 fully saturated rings. The van der Waals surface area contributed by atoms with Crippen LogP contribution in [0.5, 0.6) is 0 Å². The minimum atomic E-state index is -1.88. The van der Waals surface area contributed by atoms with Crippen LogP contribution in [0.15, 0.2) is 71.4 Å². The van der Waals surface area contributed by atoms with E-state index in [4.69, 9.17) is 16.2 Å². The van der Waals surface area contributed by atoms with Gasteiger partial charge in [-0.05, 0) is 57.4 Å². The molecule has 0 bridgehead atoms. The number of ether oxygens (including phenoxy) is 1. The number of rotatable bonds is 15. The predicted molar refractivity (Wildman–Crippen MR) is 264 cm³/mol. The number of amides is 7. The molecule has 7 amide bonds. The molecule has 22 heteroatoms. The average Bonchev–Trinajstić information content (AvgIpc) is 3.31. The Labute approximate surface area is 415 Å². The molecule has 10 atom stereocenters. The van der Waals surface area contributed by atoms with E-state index in [1.165, 1.54) is 33.9 Å². The number of nitrogens with zero attached hydrogens (tertiary/aromatic N) is 2. The number of carbonyl (C=O) groups is 9. The SMILES string of the molecule is C=C1C(=O)N[C@@H](C)C(=O)N[C@H](CC(C)C)C(=O)N[C@H](C(=O)O)[C@H](C)C(=O)N[C@H](CCCN=C(N)N)C(=O)N[C@@H](/C=C/C(C)=C/[C@H](C)[C@H](Cc2ccccc2)OC)[C@@H](C)C(=O)N[C@@H](C(=O)O)CCC(=O)N1C. The smallest absolute Gasteiger partial charge is 0.327 e. The maximum absolute atomic E-state index is 14.4. The summed E-state index contributed by atoms with van der Waals surface area (Å²) < 4.78 is 5.81. The Morgan fingerprint density at radius 3 is 2.03 bits per heavy atom. The minimum Gasteiger partial charge on any atom is -0.480 e. The van der Waals surface area contributed by atoms with Crippen molar-refractivity contribution in [1.82, 2.24) is 36.8 Å². The molecule has 392 valence electrons. The fraction of sp³-hybridized carbons (Fsp3) is 0.551. The van der Waals surface area contributed by atoms with Gasteiger partial charge in [0.2, 0.25) is 35.4 Å². The van der Waals surface area contributed by atoms with Gasteiger partial charge in [0.1, 0.15) is 35.9 Å². The van der Waals surface area contributed by atoms with Crippen LogP contribution in [0.25, 0.3) is 0 Å². The zero-order valence-electron chi connectivity index (χ0n) is 42.2. The number of hydrogen-bond acceptors (Lipinski definition) is 11. The lowest BCUT2D eigenvalue weighted by Gasteiger charge is -2.28. The third kappa shape index (κ3) is 20.0. The van der Waals surface area contributed by atoms with Crippen molar-refractivity contribution in [3.63, 3.8) is 0 Å². The Hall–Kier alpha value is -7.10. The summed E-state index contributed by atoms with van der Waals surface area (Å²) in [5, 5.41) is 35.5. The summed E-state index contributed by atoms with van der Waals surface area (Å²) in [7, 11) is 2.82. The van der Waals surface area contributed by atoms with Crippen LogP contribution >= 0.6 is 0 Å². The van der Waals surface area contributed by atoms with Crippen LogP contribution in [0.3, 0.4) is 0 Å². The first-order valence-electron chi connectivity index (χ1n) is 23.5. The second-order valence-electron chi connectivity index (χ2n) is 18.3. The lowest BCUT2D eigenvalue weighted by molar-refractivity contribution is -0.146. The van der Waals surface area contributed by atoms with E-state index in [9.17, 15) is 53.4 Å². The molecule has 1 aliphatic rings. The van der Waals surface area contributed by atoms with Crippen molar-refractivity contribution in [1.29, 1.82) is 0 Å². The molecule has 0 saturated carbocycles. The monoisotopic (exact) mass is 995 g/mol. The number of nitrogens with one attached hydrogen (secondary N) is 6. The Morgan fingerprint density at radius 2 is 1.45 bits per heavy atom. The molecule has 0 aliphatic carbocycles. The molecule has 0 spiro atoms. The van der Waals surface area contributed by atoms with Gasteiger partial charge in [0, 0.05) is 33.0 Å². The maximum Gasteiger partial charge on any atom is 0.327 e. The number of aliphatic imine (C=N–C) groups is 1. The molecule has 0 radical (unpaired) electrons. The van der Waals surface area contributed by atoms with Crippen molar-refractivity contribution in [2.75, 3.05) is 20.7 Å². The lowest BCUT2D eigenvalue weighted by atomic mass is 9.94. The second-order valence-corrected chi connectivity index (χ2v) is 18.3. The Morgan fingerprint density at radius 1 is 0.845 bits per heavy atom. The van der Waals surface area contributed by atoms with Crippen molar-refractivity contribution in [2.24, 2.45) is 40.1 Å². The van der Waals surface area contributed by atoms with Gasteiger partial charge < -0.3 is 63.2 Å². The third-order valence-electron chi connectivity index (χ3n) is 12.0. The van der Waals surface area contributed by atoms with Crippen LogP contribution in [-0.4, -0.2) is 137 Å². The average molecular weight is 995 g/mol. The summed E-state index contributed by atoms with van der Waals surface area (Å²) in [5.41, 5.74) is 12.4. The van der Waals surface area contributed by atoms with E-state index in [0.29, 0.717) is 12.0 Å². The van der Waals surface area contributed by atoms with Gasteiger partial charge in [0.15, 0.2) is 5.96 Å². The van der Waals surface area contributed by atoms with Gasteiger partial charge in [-0.1, -0.05) is 95.3 Å². The quantitative estimate of drug-likeness (QED) is 0.0379. The standard InChI is InChI=1S/C49H74N10O12/c1-26(2)23-37-46(66)58-40(48(69)70)30(6)42(62)55-35(17-14-22-52-49(50)51)45(65)54-34(19-18-27(3)24-28(4)38(71-10)25-33-15-12-11-13-16-33)29(5)41(61)56-36(47(67)68)20-21-39(60)59(9)32(8)44(64)53-31(7)43(63)57-37/h11-13,15-16,18-19,24,26,28-31,34-38,40H,8,14,17,20-23,25H2,1-7,9-10H3,(H,53,64)(H,54,65)(H,55,62)(H,56,61)(H,57,63)(H,58,66)(H,67,68)(H,69,70)(H4,50,51,52)/b19-18+,27-24+/t28-,29+,30-,31-,34-,35+,36+,37+,38-,40-/m0/s1. The van der Waals surface area contributed by atoms with Gasteiger partial charge in [-0.2, -0.15) is 0 Å². The fourth-order valence-electron chi connectivity index (χ4n) is 7.46. The van der Waals surface area contributed by atoms with Crippen LogP contribution in [0.1, 0.15) is 86.1 Å². The van der Waals surface area contributed by atoms with Gasteiger partial charge in [-0.3, -0.25) is 38.6 Å². The summed E-state index contributed by atoms with van der Waals surface area (Å²) in [6, 6.07) is 0.998. The number of nitrogens with two attached hydrogens (primary N) is 2. The van der Waals surface area contributed by atoms with Crippen LogP contribution < -0.4 is 43.4 Å². The molecular weight excluding hydrogens is 921 g/mol. The van der Waals surface area contributed by atoms with Crippen molar-refractivity contribution in [3.8, 4) is 0 Å². The topological polar surface area (TPSA) is 343 Å². The van der Waals surface area contributed by atoms with Crippen LogP contribution in [0.2, 0.25) is 0 Å². The van der Waals surface area contributed by atoms with E-state index in [2.05, 4.69) is 43.5 Å². The maximum atomic E-state index is 14.4. The molecule has 0 unspecified atom stereocenters. The van der Waals surface area contributed by atoms with E-state index in [0.717, 1.165) is 10.5 Å². The summed E-state index contributed by atoms with van der Waals surface area (Å²) >= 11 is 0. The highest BCUT2D eigenvalue weighted by molar-refractivity contribution is 6.00. The summed E-state index contributed by atoms with van der Waals surface area (Å²) in [6.45, 7) is 14.9. The van der Waals surface area contributed by atoms with Crippen molar-refractivity contribution < 1.29 is 58.1 Å². The van der Waals surface area contributed by atoms with E-state index < -0.39 is 120 Å². The van der Waals surface area contributed by atoms with Crippen LogP contribution in [-0.2, 0) is 54.3 Å². The van der Waals surface area contributed by atoms with Gasteiger partial charge in [-0.25, -0.2) is 9.59 Å². The Bertz CT molecular complexity index is 2160. The summed E-state index contributed by atoms with van der Waals surface area (Å²) in [4.78, 5) is 126. The van der Waals surface area contributed by atoms with Gasteiger partial charge in [0.25, 0.3) is 5.91 Å². The second kappa shape index (κ2) is 29.2. The Kier molecular flexibility index (Phi) is 24.7. The Balaban J connectivity index is 2.73. The van der Waals surface area contributed by atoms with E-state index in [-0.39, 0.29) is 49.7 Å². The first-order chi connectivity index (χ1) is 33.3. The molecular formula is C49H74N10O12. The normalized spacial score (nSPS) is 25.3. The van der Waals surface area contributed by atoms with Crippen molar-refractivity contribution in [2.45, 2.75) is 129 Å². The fourth-order valence-corrected chi connectivity index (χ4v) is 7.46. The molecule has 2 rings (SSSR count). The summed E-state index contributed by atoms with van der Waals surface area (Å²) in [5.74, 6) is -12.6. The first-order valence-corrected chi connectivity index (χ1v) is 23.5. The van der Waals surface area contributed by atoms with Crippen LogP contribution in [0, 0.1) is 23.7 Å². The number of aliphatic carboxylic acids is 2. The number of carbonyl (C=O) groups excluding carboxylic acids is 7. The minimum absolute atomic E-state index is 0.00610. The molecule has 22 nitrogen and oxygen atoms in total. The first kappa shape index (κ1) is 60.0. The van der Waals surface area contributed by atoms with Gasteiger partial charge in [-0.15, -0.1) is 0 Å². The number of carboxylic acids is 2. The number of allylic oxidation sites excluding steroid dienone is 2. The zero-order valence-corrected chi connectivity index (χ0v) is 42.2. The molecule has 0 aromatic heterocycles. The van der Waals surface area contributed by atoms with E-state index in [1.54, 1.807) is 34.0 Å². The molecule has 12 N–H and O–H groups in total. The highest BCUT2D eigenvalue weighted by Gasteiger charge is 2.37. The number of hydrogen-bond donors (Lipinski definition) is 10. The summed E-state index contributed by atoms with van der Waals surface area (Å²) in [6.07, 6.45) is 4.64. The lowest BCUT2D eigenvalue weighted by Crippen LogP contribution is -2.59. The largest absolute Gasteiger partial charge is 0.480 e. The highest BCUT2D eigenvalue weighted by atomic mass is 16.5. The van der Waals surface area contributed by atoms with Gasteiger partial charge >= 0.3 is 11.9 Å². The molecule has 1 aliphatic heterocycles. The number of benzene rings is 1. The molecule has 1 aromatic rings. The van der Waals surface area contributed by atoms with Crippen molar-refractivity contribution in [3.05, 3.63) is 72.0 Å². The number of guanidine groups is 1. The molecule has 1 saturated heterocycles. The highest BCUT2D eigenvalue weighted by Crippen LogP contribution is 2.19. The number of carboxylic acid groups (broad SMARTS) is 2.